The number of carbonyl (C=O) groups excluding carboxylic acids is 1. The zero-order chi connectivity index (χ0) is 15.1. The molecule has 106 valence electrons. The maximum Gasteiger partial charge on any atom is 0.275 e. The van der Waals surface area contributed by atoms with Crippen LogP contribution in [0.3, 0.4) is 0 Å². The van der Waals surface area contributed by atoms with E-state index in [1.54, 1.807) is 30.6 Å². The number of rotatable bonds is 3. The molecule has 2 N–H and O–H groups in total. The first-order valence-electron chi connectivity index (χ1n) is 6.49. The van der Waals surface area contributed by atoms with Gasteiger partial charge in [-0.15, -0.1) is 0 Å². The number of pyridine rings is 2. The zero-order valence-electron chi connectivity index (χ0n) is 11.6. The number of aryl methyl sites for hydroxylation is 1. The molecule has 0 aromatic carbocycles. The Morgan fingerprint density at radius 3 is 2.90 bits per heavy atom. The normalized spacial score (nSPS) is 9.62. The van der Waals surface area contributed by atoms with E-state index in [1.165, 1.54) is 0 Å². The van der Waals surface area contributed by atoms with Crippen molar-refractivity contribution in [2.24, 2.45) is 0 Å². The smallest absolute Gasteiger partial charge is 0.275 e. The molecule has 2 aromatic heterocycles. The summed E-state index contributed by atoms with van der Waals surface area (Å²) < 4.78 is 0. The minimum absolute atomic E-state index is 0.0101. The molecule has 0 saturated carbocycles. The van der Waals surface area contributed by atoms with Gasteiger partial charge in [0.15, 0.2) is 0 Å². The van der Waals surface area contributed by atoms with Gasteiger partial charge in [0.2, 0.25) is 0 Å². The topological polar surface area (TPSA) is 75.1 Å². The molecule has 0 bridgehead atoms. The van der Waals surface area contributed by atoms with E-state index in [9.17, 15) is 4.79 Å². The highest BCUT2D eigenvalue weighted by Crippen LogP contribution is 2.10. The second kappa shape index (κ2) is 7.17. The molecule has 1 amide bonds. The van der Waals surface area contributed by atoms with Crippen LogP contribution in [0, 0.1) is 18.8 Å². The lowest BCUT2D eigenvalue weighted by Crippen LogP contribution is -2.15. The minimum atomic E-state index is -0.338. The van der Waals surface area contributed by atoms with Gasteiger partial charge in [-0.05, 0) is 31.2 Å². The quantitative estimate of drug-likeness (QED) is 0.841. The molecule has 5 heteroatoms. The largest absolute Gasteiger partial charge is 0.395 e. The maximum atomic E-state index is 12.2. The fourth-order valence-electron chi connectivity index (χ4n) is 1.63. The van der Waals surface area contributed by atoms with Gasteiger partial charge in [0.25, 0.3) is 5.91 Å². The predicted octanol–water partition coefficient (Wildman–Crippen LogP) is 1.77. The molecule has 0 atom stereocenters. The van der Waals surface area contributed by atoms with Gasteiger partial charge in [0.05, 0.1) is 24.1 Å². The lowest BCUT2D eigenvalue weighted by molar-refractivity contribution is 0.102. The minimum Gasteiger partial charge on any atom is -0.395 e. The average molecular weight is 281 g/mol. The van der Waals surface area contributed by atoms with Crippen LogP contribution in [-0.2, 0) is 0 Å². The Balaban J connectivity index is 2.19. The summed E-state index contributed by atoms with van der Waals surface area (Å²) in [6.45, 7) is 1.86. The number of aromatic nitrogens is 2. The average Bonchev–Trinajstić information content (AvgIpc) is 2.50. The van der Waals surface area contributed by atoms with Crippen molar-refractivity contribution in [2.45, 2.75) is 13.3 Å². The number of aliphatic hydroxyl groups is 1. The molecule has 5 nitrogen and oxygen atoms in total. The van der Waals surface area contributed by atoms with Crippen molar-refractivity contribution in [3.8, 4) is 11.8 Å². The van der Waals surface area contributed by atoms with Gasteiger partial charge in [-0.25, -0.2) is 4.98 Å². The molecule has 0 fully saturated rings. The molecule has 21 heavy (non-hydrogen) atoms. The van der Waals surface area contributed by atoms with E-state index < -0.39 is 0 Å². The van der Waals surface area contributed by atoms with Crippen LogP contribution in [0.25, 0.3) is 0 Å². The number of aliphatic hydroxyl groups excluding tert-OH is 1. The van der Waals surface area contributed by atoms with Crippen LogP contribution in [0.1, 0.15) is 28.2 Å². The summed E-state index contributed by atoms with van der Waals surface area (Å²) in [5.74, 6) is 5.29. The van der Waals surface area contributed by atoms with Gasteiger partial charge in [0.1, 0.15) is 5.69 Å². The standard InChI is InChI=1S/C16H15N3O2/c1-12-7-8-14(11-18-12)19-16(21)15-13(5-2-3-10-20)6-4-9-17-15/h4,6-9,11,20H,3,10H2,1H3,(H,19,21). The maximum absolute atomic E-state index is 12.2. The van der Waals surface area contributed by atoms with Crippen LogP contribution in [0.2, 0.25) is 0 Å². The van der Waals surface area contributed by atoms with E-state index in [0.717, 1.165) is 5.69 Å². The molecule has 0 saturated heterocycles. The number of carbonyl (C=O) groups is 1. The number of anilines is 1. The predicted molar refractivity (Wildman–Crippen MR) is 79.7 cm³/mol. The molecular formula is C16H15N3O2. The first kappa shape index (κ1) is 14.7. The van der Waals surface area contributed by atoms with Crippen LogP contribution < -0.4 is 5.32 Å². The number of nitrogens with zero attached hydrogens (tertiary/aromatic N) is 2. The second-order valence-corrected chi connectivity index (χ2v) is 4.32. The Bertz CT molecular complexity index is 685. The first-order valence-corrected chi connectivity index (χ1v) is 6.49. The van der Waals surface area contributed by atoms with Crippen LogP contribution in [-0.4, -0.2) is 27.6 Å². The summed E-state index contributed by atoms with van der Waals surface area (Å²) in [6, 6.07) is 7.03. The summed E-state index contributed by atoms with van der Waals surface area (Å²) in [5.41, 5.74) is 2.26. The third kappa shape index (κ3) is 4.13. The summed E-state index contributed by atoms with van der Waals surface area (Å²) >= 11 is 0. The number of hydrogen-bond acceptors (Lipinski definition) is 4. The lowest BCUT2D eigenvalue weighted by Gasteiger charge is -2.06. The van der Waals surface area contributed by atoms with E-state index in [0.29, 0.717) is 17.7 Å². The van der Waals surface area contributed by atoms with E-state index in [4.69, 9.17) is 5.11 Å². The van der Waals surface area contributed by atoms with Gasteiger partial charge in [-0.1, -0.05) is 11.8 Å². The molecule has 0 aliphatic carbocycles. The molecular weight excluding hydrogens is 266 g/mol. The summed E-state index contributed by atoms with van der Waals surface area (Å²) in [7, 11) is 0. The van der Waals surface area contributed by atoms with Gasteiger partial charge in [-0.3, -0.25) is 9.78 Å². The Kier molecular flexibility index (Phi) is 5.02. The van der Waals surface area contributed by atoms with Gasteiger partial charge >= 0.3 is 0 Å². The van der Waals surface area contributed by atoms with Crippen molar-refractivity contribution < 1.29 is 9.90 Å². The van der Waals surface area contributed by atoms with E-state index >= 15 is 0 Å². The molecule has 0 unspecified atom stereocenters. The van der Waals surface area contributed by atoms with E-state index in [2.05, 4.69) is 27.1 Å². The monoisotopic (exact) mass is 281 g/mol. The molecule has 0 radical (unpaired) electrons. The zero-order valence-corrected chi connectivity index (χ0v) is 11.6. The van der Waals surface area contributed by atoms with Crippen molar-refractivity contribution in [3.05, 3.63) is 53.6 Å². The Morgan fingerprint density at radius 2 is 2.19 bits per heavy atom. The number of amides is 1. The molecule has 2 rings (SSSR count). The van der Waals surface area contributed by atoms with Crippen molar-refractivity contribution in [2.75, 3.05) is 11.9 Å². The highest BCUT2D eigenvalue weighted by atomic mass is 16.2. The molecule has 2 aromatic rings. The van der Waals surface area contributed by atoms with Crippen molar-refractivity contribution >= 4 is 11.6 Å². The van der Waals surface area contributed by atoms with E-state index in [1.807, 2.05) is 13.0 Å². The summed E-state index contributed by atoms with van der Waals surface area (Å²) in [5, 5.41) is 11.5. The van der Waals surface area contributed by atoms with Crippen LogP contribution in [0.4, 0.5) is 5.69 Å². The van der Waals surface area contributed by atoms with Crippen molar-refractivity contribution in [1.29, 1.82) is 0 Å². The molecule has 0 aliphatic heterocycles. The van der Waals surface area contributed by atoms with Crippen molar-refractivity contribution in [1.82, 2.24) is 9.97 Å². The number of nitrogens with one attached hydrogen (secondary N) is 1. The van der Waals surface area contributed by atoms with Crippen molar-refractivity contribution in [3.63, 3.8) is 0 Å². The van der Waals surface area contributed by atoms with Gasteiger partial charge < -0.3 is 10.4 Å². The fraction of sp³-hybridized carbons (Fsp3) is 0.188. The van der Waals surface area contributed by atoms with Crippen LogP contribution >= 0.6 is 0 Å². The molecule has 0 aliphatic rings. The Hall–Kier alpha value is -2.71. The Labute approximate surface area is 123 Å². The molecule has 2 heterocycles. The first-order chi connectivity index (χ1) is 10.2. The summed E-state index contributed by atoms with van der Waals surface area (Å²) in [4.78, 5) is 20.4. The number of hydrogen-bond donors (Lipinski definition) is 2. The Morgan fingerprint density at radius 1 is 1.33 bits per heavy atom. The SMILES string of the molecule is Cc1ccc(NC(=O)c2ncccc2C#CCCO)cn1. The van der Waals surface area contributed by atoms with E-state index in [-0.39, 0.29) is 18.2 Å². The highest BCUT2D eigenvalue weighted by Gasteiger charge is 2.11. The van der Waals surface area contributed by atoms with Crippen LogP contribution in [0.15, 0.2) is 36.7 Å². The second-order valence-electron chi connectivity index (χ2n) is 4.32. The van der Waals surface area contributed by atoms with Crippen LogP contribution in [0.5, 0.6) is 0 Å². The molecule has 0 spiro atoms. The fourth-order valence-corrected chi connectivity index (χ4v) is 1.63. The van der Waals surface area contributed by atoms with Gasteiger partial charge in [0, 0.05) is 18.3 Å². The third-order valence-corrected chi connectivity index (χ3v) is 2.65. The lowest BCUT2D eigenvalue weighted by atomic mass is 10.2. The highest BCUT2D eigenvalue weighted by molar-refractivity contribution is 6.04. The summed E-state index contributed by atoms with van der Waals surface area (Å²) in [6.07, 6.45) is 3.49. The van der Waals surface area contributed by atoms with Gasteiger partial charge in [-0.2, -0.15) is 0 Å². The third-order valence-electron chi connectivity index (χ3n) is 2.65.